The summed E-state index contributed by atoms with van der Waals surface area (Å²) < 4.78 is 5.05. The summed E-state index contributed by atoms with van der Waals surface area (Å²) >= 11 is 1.71. The Balaban J connectivity index is 1.30. The Labute approximate surface area is 144 Å². The molecule has 7 nitrogen and oxygen atoms in total. The van der Waals surface area contributed by atoms with Crippen LogP contribution >= 0.6 is 11.3 Å². The average Bonchev–Trinajstić information content (AvgIpc) is 3.25. The predicted octanol–water partition coefficient (Wildman–Crippen LogP) is 1.28. The summed E-state index contributed by atoms with van der Waals surface area (Å²) in [5, 5.41) is 7.00. The molecule has 1 amide bonds. The van der Waals surface area contributed by atoms with Crippen molar-refractivity contribution in [2.75, 3.05) is 26.2 Å². The van der Waals surface area contributed by atoms with E-state index < -0.39 is 0 Å². The number of carbonyl (C=O) groups is 1. The van der Waals surface area contributed by atoms with Crippen LogP contribution in [-0.4, -0.2) is 57.0 Å². The summed E-state index contributed by atoms with van der Waals surface area (Å²) in [5.74, 6) is 2.21. The van der Waals surface area contributed by atoms with E-state index in [1.165, 1.54) is 0 Å². The minimum atomic E-state index is 0.0923. The molecular weight excluding hydrogens is 326 g/mol. The maximum atomic E-state index is 12.4. The summed E-state index contributed by atoms with van der Waals surface area (Å²) in [4.78, 5) is 25.5. The van der Waals surface area contributed by atoms with Crippen LogP contribution in [0.4, 0.5) is 0 Å². The highest BCUT2D eigenvalue weighted by Gasteiger charge is 2.41. The lowest BCUT2D eigenvalue weighted by molar-refractivity contribution is -0.130. The van der Waals surface area contributed by atoms with Crippen LogP contribution in [0.25, 0.3) is 0 Å². The summed E-state index contributed by atoms with van der Waals surface area (Å²) in [6.07, 6.45) is 0.210. The van der Waals surface area contributed by atoms with Gasteiger partial charge in [-0.3, -0.25) is 9.69 Å². The highest BCUT2D eigenvalue weighted by atomic mass is 32.1. The first-order chi connectivity index (χ1) is 11.6. The number of fused-ring (bicyclic) bond motifs is 1. The second-order valence-electron chi connectivity index (χ2n) is 6.78. The monoisotopic (exact) mass is 347 g/mol. The number of carbonyl (C=O) groups excluding carboxylic acids is 1. The third kappa shape index (κ3) is 3.21. The zero-order chi connectivity index (χ0) is 16.7. The van der Waals surface area contributed by atoms with Crippen molar-refractivity contribution in [1.29, 1.82) is 0 Å². The number of aromatic nitrogens is 3. The van der Waals surface area contributed by atoms with Gasteiger partial charge in [0.15, 0.2) is 5.82 Å². The van der Waals surface area contributed by atoms with Crippen molar-refractivity contribution in [3.05, 3.63) is 27.8 Å². The normalized spacial score (nSPS) is 23.8. The smallest absolute Gasteiger partial charge is 0.236 e. The maximum absolute atomic E-state index is 12.4. The molecule has 0 spiro atoms. The van der Waals surface area contributed by atoms with Crippen molar-refractivity contribution >= 4 is 17.2 Å². The van der Waals surface area contributed by atoms with E-state index in [9.17, 15) is 4.79 Å². The van der Waals surface area contributed by atoms with E-state index in [1.54, 1.807) is 18.3 Å². The molecule has 2 aromatic heterocycles. The van der Waals surface area contributed by atoms with Crippen molar-refractivity contribution in [1.82, 2.24) is 24.9 Å². The lowest BCUT2D eigenvalue weighted by atomic mass is 10.0. The topological polar surface area (TPSA) is 75.4 Å². The molecule has 128 valence electrons. The van der Waals surface area contributed by atoms with Gasteiger partial charge in [-0.1, -0.05) is 5.16 Å². The Morgan fingerprint density at radius 3 is 2.58 bits per heavy atom. The van der Waals surface area contributed by atoms with E-state index >= 15 is 0 Å². The molecule has 4 rings (SSSR count). The van der Waals surface area contributed by atoms with Gasteiger partial charge in [0.2, 0.25) is 11.8 Å². The molecule has 0 aromatic carbocycles. The number of thiazole rings is 1. The standard InChI is InChI=1S/C16H21N5O2S/c1-10-17-15(23-19-10)3-16(22)21-6-12-4-20(5-13(12)7-21)8-14-9-24-11(2)18-14/h9,12-13H,3-8H2,1-2H3. The first-order valence-electron chi connectivity index (χ1n) is 8.27. The van der Waals surface area contributed by atoms with Gasteiger partial charge in [0.1, 0.15) is 6.42 Å². The number of hydrogen-bond donors (Lipinski definition) is 0. The Kier molecular flexibility index (Phi) is 4.09. The third-order valence-corrected chi connectivity index (χ3v) is 5.66. The molecule has 2 atom stereocenters. The van der Waals surface area contributed by atoms with Crippen molar-refractivity contribution in [3.63, 3.8) is 0 Å². The molecule has 2 aromatic rings. The van der Waals surface area contributed by atoms with Gasteiger partial charge in [-0.25, -0.2) is 4.98 Å². The van der Waals surface area contributed by atoms with Crippen LogP contribution in [0.15, 0.2) is 9.90 Å². The van der Waals surface area contributed by atoms with Crippen LogP contribution in [0.5, 0.6) is 0 Å². The fourth-order valence-electron chi connectivity index (χ4n) is 3.79. The molecule has 2 aliphatic heterocycles. The van der Waals surface area contributed by atoms with Crippen LogP contribution in [0, 0.1) is 25.7 Å². The maximum Gasteiger partial charge on any atom is 0.236 e. The second-order valence-corrected chi connectivity index (χ2v) is 7.85. The molecule has 2 aliphatic rings. The van der Waals surface area contributed by atoms with E-state index in [2.05, 4.69) is 25.4 Å². The van der Waals surface area contributed by atoms with Crippen molar-refractivity contribution < 1.29 is 9.32 Å². The second kappa shape index (κ2) is 6.25. The Hall–Kier alpha value is -1.80. The van der Waals surface area contributed by atoms with E-state index in [0.29, 0.717) is 23.6 Å². The molecule has 2 unspecified atom stereocenters. The first-order valence-corrected chi connectivity index (χ1v) is 9.15. The number of likely N-dealkylation sites (tertiary alicyclic amines) is 2. The lowest BCUT2D eigenvalue weighted by Gasteiger charge is -2.20. The zero-order valence-electron chi connectivity index (χ0n) is 13.9. The van der Waals surface area contributed by atoms with Crippen molar-refractivity contribution in [2.24, 2.45) is 11.8 Å². The number of nitrogens with zero attached hydrogens (tertiary/aromatic N) is 5. The van der Waals surface area contributed by atoms with Crippen LogP contribution < -0.4 is 0 Å². The van der Waals surface area contributed by atoms with Gasteiger partial charge < -0.3 is 9.42 Å². The molecule has 0 bridgehead atoms. The third-order valence-electron chi connectivity index (χ3n) is 4.84. The molecular formula is C16H21N5O2S. The number of rotatable bonds is 4. The number of aryl methyl sites for hydroxylation is 2. The SMILES string of the molecule is Cc1noc(CC(=O)N2CC3CN(Cc4csc(C)n4)CC3C2)n1. The lowest BCUT2D eigenvalue weighted by Crippen LogP contribution is -2.34. The summed E-state index contributed by atoms with van der Waals surface area (Å²) in [5.41, 5.74) is 1.16. The fraction of sp³-hybridized carbons (Fsp3) is 0.625. The van der Waals surface area contributed by atoms with E-state index in [-0.39, 0.29) is 12.3 Å². The number of amides is 1. The molecule has 0 N–H and O–H groups in total. The van der Waals surface area contributed by atoms with Gasteiger partial charge in [0.05, 0.1) is 10.7 Å². The zero-order valence-corrected chi connectivity index (χ0v) is 14.8. The summed E-state index contributed by atoms with van der Waals surface area (Å²) in [6.45, 7) is 8.49. The van der Waals surface area contributed by atoms with Crippen molar-refractivity contribution in [2.45, 2.75) is 26.8 Å². The van der Waals surface area contributed by atoms with Crippen LogP contribution in [-0.2, 0) is 17.8 Å². The molecule has 0 saturated carbocycles. The molecule has 24 heavy (non-hydrogen) atoms. The van der Waals surface area contributed by atoms with Gasteiger partial charge in [-0.15, -0.1) is 11.3 Å². The van der Waals surface area contributed by atoms with Crippen LogP contribution in [0.3, 0.4) is 0 Å². The number of hydrogen-bond acceptors (Lipinski definition) is 7. The van der Waals surface area contributed by atoms with Crippen LogP contribution in [0.1, 0.15) is 22.4 Å². The van der Waals surface area contributed by atoms with Crippen molar-refractivity contribution in [3.8, 4) is 0 Å². The van der Waals surface area contributed by atoms with Gasteiger partial charge in [0.25, 0.3) is 0 Å². The first kappa shape index (κ1) is 15.7. The molecule has 0 aliphatic carbocycles. The summed E-state index contributed by atoms with van der Waals surface area (Å²) in [7, 11) is 0. The molecule has 4 heterocycles. The molecule has 2 saturated heterocycles. The Morgan fingerprint density at radius 1 is 1.25 bits per heavy atom. The fourth-order valence-corrected chi connectivity index (χ4v) is 4.39. The largest absolute Gasteiger partial charge is 0.342 e. The summed E-state index contributed by atoms with van der Waals surface area (Å²) in [6, 6.07) is 0. The molecule has 0 radical (unpaired) electrons. The minimum Gasteiger partial charge on any atom is -0.342 e. The average molecular weight is 347 g/mol. The molecule has 2 fully saturated rings. The highest BCUT2D eigenvalue weighted by Crippen LogP contribution is 2.32. The van der Waals surface area contributed by atoms with Crippen LogP contribution in [0.2, 0.25) is 0 Å². The van der Waals surface area contributed by atoms with Gasteiger partial charge in [-0.2, -0.15) is 4.98 Å². The van der Waals surface area contributed by atoms with Gasteiger partial charge >= 0.3 is 0 Å². The van der Waals surface area contributed by atoms with Gasteiger partial charge in [0, 0.05) is 38.1 Å². The van der Waals surface area contributed by atoms with E-state index in [1.807, 2.05) is 11.8 Å². The molecule has 8 heteroatoms. The Bertz CT molecular complexity index is 728. The Morgan fingerprint density at radius 2 is 2.00 bits per heavy atom. The quantitative estimate of drug-likeness (QED) is 0.829. The minimum absolute atomic E-state index is 0.0923. The van der Waals surface area contributed by atoms with E-state index in [4.69, 9.17) is 4.52 Å². The van der Waals surface area contributed by atoms with E-state index in [0.717, 1.165) is 43.4 Å². The van der Waals surface area contributed by atoms with Gasteiger partial charge in [-0.05, 0) is 25.7 Å². The highest BCUT2D eigenvalue weighted by molar-refractivity contribution is 7.09. The predicted molar refractivity (Wildman–Crippen MR) is 88.4 cm³/mol.